The van der Waals surface area contributed by atoms with Crippen LogP contribution in [-0.4, -0.2) is 26.1 Å². The Morgan fingerprint density at radius 3 is 2.89 bits per heavy atom. The van der Waals surface area contributed by atoms with Crippen LogP contribution < -0.4 is 0 Å². The summed E-state index contributed by atoms with van der Waals surface area (Å²) in [7, 11) is 0. The van der Waals surface area contributed by atoms with E-state index in [2.05, 4.69) is 10.3 Å². The van der Waals surface area contributed by atoms with Gasteiger partial charge in [0.1, 0.15) is 5.82 Å². The summed E-state index contributed by atoms with van der Waals surface area (Å²) < 4.78 is 14.5. The molecule has 1 N–H and O–H groups in total. The predicted molar refractivity (Wildman–Crippen MR) is 62.3 cm³/mol. The lowest BCUT2D eigenvalue weighted by Crippen LogP contribution is -2.06. The third-order valence-corrected chi connectivity index (χ3v) is 2.51. The molecule has 1 aromatic carbocycles. The molecular weight excluding hydrogens is 237 g/mol. The molecule has 2 rings (SSSR count). The Morgan fingerprint density at radius 2 is 2.28 bits per heavy atom. The lowest BCUT2D eigenvalue weighted by molar-refractivity contribution is 0.0689. The quantitative estimate of drug-likeness (QED) is 0.900. The summed E-state index contributed by atoms with van der Waals surface area (Å²) in [5.74, 6) is -1.52. The highest BCUT2D eigenvalue weighted by molar-refractivity contribution is 5.86. The Kier molecular flexibility index (Phi) is 3.36. The van der Waals surface area contributed by atoms with E-state index in [9.17, 15) is 9.18 Å². The van der Waals surface area contributed by atoms with Crippen molar-refractivity contribution < 1.29 is 14.3 Å². The third kappa shape index (κ3) is 2.22. The Morgan fingerprint density at radius 1 is 1.50 bits per heavy atom. The van der Waals surface area contributed by atoms with Crippen LogP contribution in [0, 0.1) is 5.82 Å². The molecule has 94 valence electrons. The number of aromatic carboxylic acids is 1. The van der Waals surface area contributed by atoms with Crippen molar-refractivity contribution in [2.75, 3.05) is 0 Å². The Bertz CT molecular complexity index is 580. The molecule has 0 bridgehead atoms. The van der Waals surface area contributed by atoms with Gasteiger partial charge in [-0.05, 0) is 24.6 Å². The molecule has 1 aromatic heterocycles. The fourth-order valence-electron chi connectivity index (χ4n) is 1.74. The number of aromatic nitrogens is 3. The van der Waals surface area contributed by atoms with E-state index in [1.807, 2.05) is 6.92 Å². The highest BCUT2D eigenvalue weighted by Gasteiger charge is 2.19. The third-order valence-electron chi connectivity index (χ3n) is 2.51. The van der Waals surface area contributed by atoms with Crippen molar-refractivity contribution in [3.8, 4) is 5.69 Å². The van der Waals surface area contributed by atoms with Crippen molar-refractivity contribution in [3.63, 3.8) is 0 Å². The topological polar surface area (TPSA) is 68.0 Å². The molecule has 0 saturated heterocycles. The van der Waals surface area contributed by atoms with Gasteiger partial charge in [0, 0.05) is 0 Å². The Labute approximate surface area is 103 Å². The van der Waals surface area contributed by atoms with Crippen LogP contribution in [0.4, 0.5) is 4.39 Å². The fraction of sp³-hybridized carbons (Fsp3) is 0.250. The molecule has 0 radical (unpaired) electrons. The number of carboxylic acid groups (broad SMARTS) is 1. The van der Waals surface area contributed by atoms with E-state index in [0.29, 0.717) is 17.8 Å². The molecule has 0 unspecified atom stereocenters. The van der Waals surface area contributed by atoms with Gasteiger partial charge in [-0.25, -0.2) is 13.9 Å². The maximum Gasteiger partial charge on any atom is 0.358 e. The molecule has 6 heteroatoms. The summed E-state index contributed by atoms with van der Waals surface area (Å²) >= 11 is 0. The van der Waals surface area contributed by atoms with Crippen molar-refractivity contribution in [1.82, 2.24) is 15.0 Å². The second-order valence-corrected chi connectivity index (χ2v) is 3.83. The van der Waals surface area contributed by atoms with Gasteiger partial charge in [-0.2, -0.15) is 0 Å². The normalized spacial score (nSPS) is 10.6. The molecule has 0 atom stereocenters. The SMILES string of the molecule is CCCc1c(C(=O)O)nnn1-c1cccc(F)c1. The molecule has 0 saturated carbocycles. The van der Waals surface area contributed by atoms with Crippen molar-refractivity contribution in [3.05, 3.63) is 41.5 Å². The molecule has 0 aliphatic carbocycles. The average Bonchev–Trinajstić information content (AvgIpc) is 2.73. The van der Waals surface area contributed by atoms with Gasteiger partial charge in [0.15, 0.2) is 5.69 Å². The highest BCUT2D eigenvalue weighted by atomic mass is 19.1. The van der Waals surface area contributed by atoms with Crippen LogP contribution in [0.5, 0.6) is 0 Å². The number of benzene rings is 1. The fourth-order valence-corrected chi connectivity index (χ4v) is 1.74. The lowest BCUT2D eigenvalue weighted by atomic mass is 10.2. The van der Waals surface area contributed by atoms with Crippen LogP contribution in [-0.2, 0) is 6.42 Å². The number of rotatable bonds is 4. The predicted octanol–water partition coefficient (Wildman–Crippen LogP) is 2.06. The summed E-state index contributed by atoms with van der Waals surface area (Å²) in [4.78, 5) is 11.0. The molecule has 0 amide bonds. The van der Waals surface area contributed by atoms with Gasteiger partial charge >= 0.3 is 5.97 Å². The first kappa shape index (κ1) is 12.2. The van der Waals surface area contributed by atoms with Crippen molar-refractivity contribution in [1.29, 1.82) is 0 Å². The second-order valence-electron chi connectivity index (χ2n) is 3.83. The number of hydrogen-bond acceptors (Lipinski definition) is 3. The summed E-state index contributed by atoms with van der Waals surface area (Å²) in [5.41, 5.74) is 0.871. The van der Waals surface area contributed by atoms with Gasteiger partial charge in [-0.1, -0.05) is 24.6 Å². The van der Waals surface area contributed by atoms with E-state index in [4.69, 9.17) is 5.11 Å². The number of carboxylic acids is 1. The summed E-state index contributed by atoms with van der Waals surface area (Å²) in [6.45, 7) is 1.93. The van der Waals surface area contributed by atoms with Gasteiger partial charge in [-0.15, -0.1) is 5.10 Å². The van der Waals surface area contributed by atoms with Gasteiger partial charge in [0.05, 0.1) is 11.4 Å². The zero-order chi connectivity index (χ0) is 13.1. The van der Waals surface area contributed by atoms with E-state index < -0.39 is 11.8 Å². The van der Waals surface area contributed by atoms with Crippen LogP contribution in [0.15, 0.2) is 24.3 Å². The van der Waals surface area contributed by atoms with E-state index in [0.717, 1.165) is 6.42 Å². The van der Waals surface area contributed by atoms with Gasteiger partial charge in [0.2, 0.25) is 0 Å². The van der Waals surface area contributed by atoms with Crippen LogP contribution >= 0.6 is 0 Å². The van der Waals surface area contributed by atoms with Gasteiger partial charge < -0.3 is 5.11 Å². The minimum absolute atomic E-state index is 0.0823. The monoisotopic (exact) mass is 249 g/mol. The molecule has 1 heterocycles. The minimum atomic E-state index is -1.12. The van der Waals surface area contributed by atoms with Crippen molar-refractivity contribution >= 4 is 5.97 Å². The molecular formula is C12H12FN3O2. The van der Waals surface area contributed by atoms with Gasteiger partial charge in [-0.3, -0.25) is 0 Å². The van der Waals surface area contributed by atoms with Crippen molar-refractivity contribution in [2.45, 2.75) is 19.8 Å². The number of carbonyl (C=O) groups is 1. The first-order valence-corrected chi connectivity index (χ1v) is 5.57. The lowest BCUT2D eigenvalue weighted by Gasteiger charge is -2.05. The molecule has 0 fully saturated rings. The van der Waals surface area contributed by atoms with E-state index >= 15 is 0 Å². The van der Waals surface area contributed by atoms with Crippen LogP contribution in [0.25, 0.3) is 5.69 Å². The van der Waals surface area contributed by atoms with Crippen LogP contribution in [0.3, 0.4) is 0 Å². The number of hydrogen-bond donors (Lipinski definition) is 1. The maximum absolute atomic E-state index is 13.2. The zero-order valence-corrected chi connectivity index (χ0v) is 9.80. The highest BCUT2D eigenvalue weighted by Crippen LogP contribution is 2.15. The molecule has 18 heavy (non-hydrogen) atoms. The first-order chi connectivity index (χ1) is 8.63. The van der Waals surface area contributed by atoms with Gasteiger partial charge in [0.25, 0.3) is 0 Å². The van der Waals surface area contributed by atoms with Crippen molar-refractivity contribution in [2.24, 2.45) is 0 Å². The summed E-state index contributed by atoms with van der Waals surface area (Å²) in [5, 5.41) is 16.4. The number of halogens is 1. The average molecular weight is 249 g/mol. The van der Waals surface area contributed by atoms with Crippen LogP contribution in [0.1, 0.15) is 29.5 Å². The maximum atomic E-state index is 13.2. The van der Waals surface area contributed by atoms with Crippen LogP contribution in [0.2, 0.25) is 0 Å². The minimum Gasteiger partial charge on any atom is -0.476 e. The largest absolute Gasteiger partial charge is 0.476 e. The Hall–Kier alpha value is -2.24. The molecule has 0 aliphatic rings. The standard InChI is InChI=1S/C12H12FN3O2/c1-2-4-10-11(12(17)18)14-15-16(10)9-6-3-5-8(13)7-9/h3,5-7H,2,4H2,1H3,(H,17,18). The Balaban J connectivity index is 2.54. The smallest absolute Gasteiger partial charge is 0.358 e. The van der Waals surface area contributed by atoms with E-state index in [1.165, 1.54) is 16.8 Å². The zero-order valence-electron chi connectivity index (χ0n) is 9.80. The summed E-state index contributed by atoms with van der Waals surface area (Å²) in [6, 6.07) is 5.81. The molecule has 0 aliphatic heterocycles. The van der Waals surface area contributed by atoms with E-state index in [1.54, 1.807) is 12.1 Å². The second kappa shape index (κ2) is 4.95. The molecule has 2 aromatic rings. The first-order valence-electron chi connectivity index (χ1n) is 5.57. The molecule has 5 nitrogen and oxygen atoms in total. The summed E-state index contributed by atoms with van der Waals surface area (Å²) in [6.07, 6.45) is 1.27. The molecule has 0 spiro atoms. The van der Waals surface area contributed by atoms with E-state index in [-0.39, 0.29) is 5.69 Å². The number of nitrogens with zero attached hydrogens (tertiary/aromatic N) is 3.